The number of benzene rings is 2. The summed E-state index contributed by atoms with van der Waals surface area (Å²) in [6.07, 6.45) is 1.32. The van der Waals surface area contributed by atoms with Gasteiger partial charge in [0.1, 0.15) is 0 Å². The number of carbonyl (C=O) groups excluding carboxylic acids is 2. The highest BCUT2D eigenvalue weighted by atomic mass is 35.5. The Morgan fingerprint density at radius 1 is 0.900 bits per heavy atom. The summed E-state index contributed by atoms with van der Waals surface area (Å²) in [7, 11) is 0. The second-order valence-electron chi connectivity index (χ2n) is 6.50. The van der Waals surface area contributed by atoms with Crippen molar-refractivity contribution in [3.63, 3.8) is 0 Å². The van der Waals surface area contributed by atoms with Crippen molar-refractivity contribution in [3.05, 3.63) is 46.4 Å². The Morgan fingerprint density at radius 3 is 1.87 bits per heavy atom. The lowest BCUT2D eigenvalue weighted by Gasteiger charge is -2.00. The van der Waals surface area contributed by atoms with Gasteiger partial charge in [-0.05, 0) is 42.8 Å². The van der Waals surface area contributed by atoms with E-state index in [-0.39, 0.29) is 11.8 Å². The number of aromatic nitrogens is 4. The van der Waals surface area contributed by atoms with Crippen molar-refractivity contribution in [1.82, 2.24) is 20.4 Å². The number of nitrogens with one attached hydrogen (secondary N) is 4. The first-order valence-corrected chi connectivity index (χ1v) is 9.97. The molecule has 0 saturated heterocycles. The Labute approximate surface area is 182 Å². The zero-order valence-electron chi connectivity index (χ0n) is 16.3. The smallest absolute Gasteiger partial charge is 0.225 e. The van der Waals surface area contributed by atoms with Gasteiger partial charge in [-0.15, -0.1) is 0 Å². The molecule has 0 bridgehead atoms. The maximum Gasteiger partial charge on any atom is 0.225 e. The third-order valence-electron chi connectivity index (χ3n) is 4.08. The zero-order valence-corrected chi connectivity index (χ0v) is 17.9. The quantitative estimate of drug-likeness (QED) is 0.347. The maximum absolute atomic E-state index is 11.4. The van der Waals surface area contributed by atoms with Gasteiger partial charge in [-0.1, -0.05) is 30.1 Å². The van der Waals surface area contributed by atoms with Crippen LogP contribution in [-0.2, 0) is 9.59 Å². The molecule has 0 fully saturated rings. The second-order valence-corrected chi connectivity index (χ2v) is 7.38. The molecule has 10 heteroatoms. The van der Waals surface area contributed by atoms with Gasteiger partial charge in [-0.3, -0.25) is 19.8 Å². The number of fused-ring (bicyclic) bond motifs is 2. The molecule has 0 aliphatic carbocycles. The molecule has 156 valence electrons. The molecule has 0 radical (unpaired) electrons. The summed E-state index contributed by atoms with van der Waals surface area (Å²) in [6, 6.07) is 10.7. The fourth-order valence-electron chi connectivity index (χ4n) is 2.76. The average Bonchev–Trinajstić information content (AvgIpc) is 3.25. The van der Waals surface area contributed by atoms with Gasteiger partial charge in [-0.25, -0.2) is 0 Å². The van der Waals surface area contributed by atoms with Gasteiger partial charge in [0, 0.05) is 34.2 Å². The maximum atomic E-state index is 11.4. The van der Waals surface area contributed by atoms with Crippen molar-refractivity contribution in [2.24, 2.45) is 0 Å². The van der Waals surface area contributed by atoms with Crippen LogP contribution < -0.4 is 10.6 Å². The average molecular weight is 447 g/mol. The molecule has 4 aromatic rings. The summed E-state index contributed by atoms with van der Waals surface area (Å²) in [6.45, 7) is 3.40. The largest absolute Gasteiger partial charge is 0.309 e. The molecular weight excluding hydrogens is 427 g/mol. The van der Waals surface area contributed by atoms with Crippen LogP contribution in [0.25, 0.3) is 21.8 Å². The van der Waals surface area contributed by atoms with Gasteiger partial charge in [0.25, 0.3) is 0 Å². The summed E-state index contributed by atoms with van der Waals surface area (Å²) < 4.78 is 0. The predicted octanol–water partition coefficient (Wildman–Crippen LogP) is 5.13. The van der Waals surface area contributed by atoms with Crippen molar-refractivity contribution in [3.8, 4) is 0 Å². The number of aromatic amines is 2. The van der Waals surface area contributed by atoms with Crippen LogP contribution in [0.5, 0.6) is 0 Å². The highest BCUT2D eigenvalue weighted by Crippen LogP contribution is 2.24. The lowest BCUT2D eigenvalue weighted by Crippen LogP contribution is -2.10. The number of H-pyrrole nitrogens is 2. The normalized spacial score (nSPS) is 10.5. The van der Waals surface area contributed by atoms with Gasteiger partial charge >= 0.3 is 0 Å². The van der Waals surface area contributed by atoms with E-state index in [1.165, 1.54) is 6.92 Å². The molecule has 4 N–H and O–H groups in total. The number of rotatable bonds is 4. The summed E-state index contributed by atoms with van der Waals surface area (Å²) in [4.78, 5) is 22.3. The van der Waals surface area contributed by atoms with Crippen LogP contribution in [0.15, 0.2) is 36.4 Å². The molecule has 8 nitrogen and oxygen atoms in total. The molecule has 0 atom stereocenters. The Morgan fingerprint density at radius 2 is 1.40 bits per heavy atom. The van der Waals surface area contributed by atoms with Crippen molar-refractivity contribution >= 4 is 68.5 Å². The minimum absolute atomic E-state index is 0.0224. The molecule has 2 aromatic carbocycles. The number of halogens is 2. The fraction of sp³-hybridized carbons (Fsp3) is 0.200. The third kappa shape index (κ3) is 5.28. The van der Waals surface area contributed by atoms with E-state index in [2.05, 4.69) is 31.0 Å². The third-order valence-corrected chi connectivity index (χ3v) is 4.55. The monoisotopic (exact) mass is 446 g/mol. The molecule has 2 amide bonds. The molecular formula is C20H20Cl2N6O2. The van der Waals surface area contributed by atoms with Crippen LogP contribution in [0.3, 0.4) is 0 Å². The van der Waals surface area contributed by atoms with E-state index in [0.29, 0.717) is 28.1 Å². The number of hydrogen-bond donors (Lipinski definition) is 4. The van der Waals surface area contributed by atoms with Gasteiger partial charge in [0.05, 0.1) is 11.0 Å². The van der Waals surface area contributed by atoms with E-state index in [9.17, 15) is 9.59 Å². The van der Waals surface area contributed by atoms with Crippen LogP contribution in [-0.4, -0.2) is 32.2 Å². The van der Waals surface area contributed by atoms with Crippen molar-refractivity contribution in [2.45, 2.75) is 26.7 Å². The molecule has 30 heavy (non-hydrogen) atoms. The molecule has 2 aromatic heterocycles. The molecule has 0 unspecified atom stereocenters. The number of anilines is 2. The van der Waals surface area contributed by atoms with E-state index < -0.39 is 0 Å². The molecule has 0 aliphatic heterocycles. The van der Waals surface area contributed by atoms with Crippen LogP contribution >= 0.6 is 23.2 Å². The van der Waals surface area contributed by atoms with Crippen LogP contribution in [0.2, 0.25) is 10.0 Å². The van der Waals surface area contributed by atoms with Crippen molar-refractivity contribution in [2.75, 3.05) is 10.6 Å². The molecule has 0 aliphatic rings. The van der Waals surface area contributed by atoms with Crippen molar-refractivity contribution < 1.29 is 9.59 Å². The number of amides is 2. The van der Waals surface area contributed by atoms with Crippen LogP contribution in [0, 0.1) is 0 Å². The predicted molar refractivity (Wildman–Crippen MR) is 120 cm³/mol. The topological polar surface area (TPSA) is 116 Å². The Balaban J connectivity index is 0.000000172. The zero-order chi connectivity index (χ0) is 21.7. The first kappa shape index (κ1) is 21.6. The SMILES string of the molecule is CC(=O)Nc1n[nH]c2cc(Cl)ccc12.CCCC(=O)Nc1n[nH]c2cc(Cl)ccc12. The Bertz CT molecular complexity index is 1200. The number of hydrogen-bond acceptors (Lipinski definition) is 4. The first-order chi connectivity index (χ1) is 14.4. The first-order valence-electron chi connectivity index (χ1n) is 9.22. The lowest BCUT2D eigenvalue weighted by molar-refractivity contribution is -0.116. The minimum Gasteiger partial charge on any atom is -0.309 e. The molecule has 0 saturated carbocycles. The molecule has 2 heterocycles. The van der Waals surface area contributed by atoms with Gasteiger partial charge in [-0.2, -0.15) is 10.2 Å². The number of carbonyl (C=O) groups is 2. The number of nitrogens with zero attached hydrogens (tertiary/aromatic N) is 2. The fourth-order valence-corrected chi connectivity index (χ4v) is 3.11. The van der Waals surface area contributed by atoms with Crippen LogP contribution in [0.4, 0.5) is 11.6 Å². The van der Waals surface area contributed by atoms with Crippen LogP contribution in [0.1, 0.15) is 26.7 Å². The van der Waals surface area contributed by atoms with Gasteiger partial charge in [0.15, 0.2) is 11.6 Å². The summed E-state index contributed by atoms with van der Waals surface area (Å²) in [5, 5.41) is 22.0. The van der Waals surface area contributed by atoms with E-state index in [0.717, 1.165) is 28.2 Å². The van der Waals surface area contributed by atoms with Gasteiger partial charge < -0.3 is 10.6 Å². The minimum atomic E-state index is -0.145. The Hall–Kier alpha value is -3.10. The highest BCUT2D eigenvalue weighted by molar-refractivity contribution is 6.31. The van der Waals surface area contributed by atoms with Gasteiger partial charge in [0.2, 0.25) is 11.8 Å². The van der Waals surface area contributed by atoms with E-state index in [1.807, 2.05) is 19.1 Å². The van der Waals surface area contributed by atoms with E-state index >= 15 is 0 Å². The van der Waals surface area contributed by atoms with Crippen molar-refractivity contribution in [1.29, 1.82) is 0 Å². The summed E-state index contributed by atoms with van der Waals surface area (Å²) in [5.41, 5.74) is 1.63. The van der Waals surface area contributed by atoms with E-state index in [1.54, 1.807) is 24.3 Å². The summed E-state index contributed by atoms with van der Waals surface area (Å²) >= 11 is 11.6. The molecule has 0 spiro atoms. The lowest BCUT2D eigenvalue weighted by atomic mass is 10.2. The highest BCUT2D eigenvalue weighted by Gasteiger charge is 2.09. The second kappa shape index (κ2) is 9.60. The standard InChI is InChI=1S/C11H12ClN3O.C9H8ClN3O/c1-2-3-10(16)13-11-8-5-4-7(12)6-9(8)14-15-11;1-5(14)11-9-7-3-2-6(10)4-8(7)12-13-9/h4-6H,2-3H2,1H3,(H2,13,14,15,16);2-4H,1H3,(H2,11,12,13,14). The molecule has 4 rings (SSSR count). The summed E-state index contributed by atoms with van der Waals surface area (Å²) in [5.74, 6) is 0.925. The Kier molecular flexibility index (Phi) is 6.91. The van der Waals surface area contributed by atoms with E-state index in [4.69, 9.17) is 23.2 Å².